The van der Waals surface area contributed by atoms with Gasteiger partial charge in [-0.15, -0.1) is 0 Å². The van der Waals surface area contributed by atoms with Gasteiger partial charge in [0.1, 0.15) is 13.2 Å². The van der Waals surface area contributed by atoms with Gasteiger partial charge in [-0.1, -0.05) is 0 Å². The lowest BCUT2D eigenvalue weighted by atomic mass is 10.1. The van der Waals surface area contributed by atoms with Crippen LogP contribution >= 0.6 is 0 Å². The number of benzene rings is 2. The molecule has 0 saturated carbocycles. The minimum atomic E-state index is -3.84. The molecular weight excluding hydrogens is 470 g/mol. The van der Waals surface area contributed by atoms with Crippen molar-refractivity contribution in [3.05, 3.63) is 57.6 Å². The predicted octanol–water partition coefficient (Wildman–Crippen LogP) is 1.30. The number of methoxy groups -OCH3 is 1. The van der Waals surface area contributed by atoms with E-state index in [0.29, 0.717) is 24.7 Å². The number of carbonyl (C=O) groups excluding carboxylic acids is 2. The number of amides is 1. The molecular formula is C21H21N3O9S. The van der Waals surface area contributed by atoms with Crippen molar-refractivity contribution in [1.82, 2.24) is 9.21 Å². The van der Waals surface area contributed by atoms with Crippen molar-refractivity contribution in [2.75, 3.05) is 46.5 Å². The van der Waals surface area contributed by atoms with Crippen molar-refractivity contribution in [3.8, 4) is 11.5 Å². The lowest BCUT2D eigenvalue weighted by Crippen LogP contribution is -2.50. The summed E-state index contributed by atoms with van der Waals surface area (Å²) in [4.78, 5) is 36.8. The number of hydrogen-bond donors (Lipinski definition) is 0. The monoisotopic (exact) mass is 491 g/mol. The van der Waals surface area contributed by atoms with Crippen LogP contribution in [0.4, 0.5) is 5.69 Å². The number of nitrogens with zero attached hydrogens (tertiary/aromatic N) is 3. The maximum absolute atomic E-state index is 13.1. The molecule has 0 bridgehead atoms. The largest absolute Gasteiger partial charge is 0.486 e. The smallest absolute Gasteiger partial charge is 0.338 e. The third-order valence-electron chi connectivity index (χ3n) is 5.47. The minimum absolute atomic E-state index is 0.0291. The van der Waals surface area contributed by atoms with Gasteiger partial charge in [-0.2, -0.15) is 4.31 Å². The van der Waals surface area contributed by atoms with E-state index in [1.165, 1.54) is 27.4 Å². The molecule has 0 atom stereocenters. The number of rotatable bonds is 5. The molecule has 0 unspecified atom stereocenters. The molecule has 2 aromatic rings. The first-order valence-electron chi connectivity index (χ1n) is 10.3. The van der Waals surface area contributed by atoms with Crippen molar-refractivity contribution in [2.45, 2.75) is 4.90 Å². The molecule has 0 aromatic heterocycles. The Morgan fingerprint density at radius 3 is 2.26 bits per heavy atom. The van der Waals surface area contributed by atoms with Crippen LogP contribution in [0.25, 0.3) is 0 Å². The lowest BCUT2D eigenvalue weighted by Gasteiger charge is -2.34. The molecule has 13 heteroatoms. The zero-order valence-corrected chi connectivity index (χ0v) is 18.9. The van der Waals surface area contributed by atoms with Gasteiger partial charge in [0.05, 0.1) is 22.5 Å². The Balaban J connectivity index is 1.49. The van der Waals surface area contributed by atoms with E-state index in [0.717, 1.165) is 19.2 Å². The second-order valence-corrected chi connectivity index (χ2v) is 9.46. The SMILES string of the molecule is COC(=O)c1cc(C(=O)N2CCN(S(=O)(=O)c3ccc4c(c3)OCCO4)CC2)cc([N+](=O)[O-])c1. The predicted molar refractivity (Wildman–Crippen MR) is 117 cm³/mol. The van der Waals surface area contributed by atoms with Gasteiger partial charge < -0.3 is 19.1 Å². The maximum Gasteiger partial charge on any atom is 0.338 e. The maximum atomic E-state index is 13.1. The van der Waals surface area contributed by atoms with Crippen LogP contribution < -0.4 is 9.47 Å². The summed E-state index contributed by atoms with van der Waals surface area (Å²) in [6.07, 6.45) is 0. The molecule has 12 nitrogen and oxygen atoms in total. The van der Waals surface area contributed by atoms with Gasteiger partial charge in [0.25, 0.3) is 11.6 Å². The molecule has 2 aliphatic heterocycles. The number of hydrogen-bond acceptors (Lipinski definition) is 9. The van der Waals surface area contributed by atoms with Gasteiger partial charge in [0.2, 0.25) is 10.0 Å². The summed E-state index contributed by atoms with van der Waals surface area (Å²) in [6.45, 7) is 0.910. The fraction of sp³-hybridized carbons (Fsp3) is 0.333. The molecule has 180 valence electrons. The number of fused-ring (bicyclic) bond motifs is 1. The Labute approximate surface area is 194 Å². The summed E-state index contributed by atoms with van der Waals surface area (Å²) < 4.78 is 42.9. The van der Waals surface area contributed by atoms with Crippen molar-refractivity contribution in [3.63, 3.8) is 0 Å². The summed E-state index contributed by atoms with van der Waals surface area (Å²) >= 11 is 0. The van der Waals surface area contributed by atoms with Crippen molar-refractivity contribution < 1.29 is 37.1 Å². The molecule has 4 rings (SSSR count). The van der Waals surface area contributed by atoms with Gasteiger partial charge in [-0.05, 0) is 18.2 Å². The zero-order chi connectivity index (χ0) is 24.5. The van der Waals surface area contributed by atoms with Crippen LogP contribution in [0, 0.1) is 10.1 Å². The molecule has 0 spiro atoms. The molecule has 0 radical (unpaired) electrons. The molecule has 2 aromatic carbocycles. The van der Waals surface area contributed by atoms with E-state index in [1.807, 2.05) is 0 Å². The number of esters is 1. The summed E-state index contributed by atoms with van der Waals surface area (Å²) in [5.41, 5.74) is -0.608. The molecule has 2 aliphatic rings. The van der Waals surface area contributed by atoms with Gasteiger partial charge in [0.15, 0.2) is 11.5 Å². The third-order valence-corrected chi connectivity index (χ3v) is 7.37. The second-order valence-electron chi connectivity index (χ2n) is 7.52. The molecule has 1 fully saturated rings. The Morgan fingerprint density at radius 1 is 0.971 bits per heavy atom. The first kappa shape index (κ1) is 23.4. The van der Waals surface area contributed by atoms with E-state index in [1.54, 1.807) is 6.07 Å². The van der Waals surface area contributed by atoms with Gasteiger partial charge >= 0.3 is 5.97 Å². The van der Waals surface area contributed by atoms with Crippen LogP contribution in [0.3, 0.4) is 0 Å². The summed E-state index contributed by atoms with van der Waals surface area (Å²) in [7, 11) is -2.71. The summed E-state index contributed by atoms with van der Waals surface area (Å²) in [6, 6.07) is 7.73. The Bertz CT molecular complexity index is 1250. The van der Waals surface area contributed by atoms with E-state index in [-0.39, 0.29) is 42.2 Å². The Hall–Kier alpha value is -3.71. The first-order valence-corrected chi connectivity index (χ1v) is 11.7. The molecule has 34 heavy (non-hydrogen) atoms. The quantitative estimate of drug-likeness (QED) is 0.343. The highest BCUT2D eigenvalue weighted by Crippen LogP contribution is 2.33. The number of non-ortho nitro benzene ring substituents is 1. The van der Waals surface area contributed by atoms with E-state index in [2.05, 4.69) is 4.74 Å². The average molecular weight is 491 g/mol. The van der Waals surface area contributed by atoms with E-state index < -0.39 is 32.5 Å². The summed E-state index contributed by atoms with van der Waals surface area (Å²) in [5.74, 6) is -0.532. The van der Waals surface area contributed by atoms with Crippen LogP contribution in [-0.4, -0.2) is 80.9 Å². The number of piperazine rings is 1. The van der Waals surface area contributed by atoms with E-state index in [9.17, 15) is 28.1 Å². The van der Waals surface area contributed by atoms with Crippen molar-refractivity contribution >= 4 is 27.6 Å². The topological polar surface area (TPSA) is 146 Å². The van der Waals surface area contributed by atoms with Crippen LogP contribution in [0.5, 0.6) is 11.5 Å². The number of nitro groups is 1. The Kier molecular flexibility index (Phi) is 6.39. The van der Waals surface area contributed by atoms with E-state index in [4.69, 9.17) is 9.47 Å². The Morgan fingerprint density at radius 2 is 1.62 bits per heavy atom. The highest BCUT2D eigenvalue weighted by molar-refractivity contribution is 7.89. The highest BCUT2D eigenvalue weighted by Gasteiger charge is 2.32. The molecule has 1 amide bonds. The van der Waals surface area contributed by atoms with Gasteiger partial charge in [-0.25, -0.2) is 13.2 Å². The van der Waals surface area contributed by atoms with Gasteiger partial charge in [-0.3, -0.25) is 14.9 Å². The van der Waals surface area contributed by atoms with Crippen LogP contribution in [0.1, 0.15) is 20.7 Å². The third kappa shape index (κ3) is 4.52. The van der Waals surface area contributed by atoms with Crippen LogP contribution in [-0.2, 0) is 14.8 Å². The summed E-state index contributed by atoms with van der Waals surface area (Å²) in [5, 5.41) is 11.2. The average Bonchev–Trinajstić information content (AvgIpc) is 2.87. The molecule has 2 heterocycles. The molecule has 1 saturated heterocycles. The zero-order valence-electron chi connectivity index (χ0n) is 18.1. The van der Waals surface area contributed by atoms with Crippen LogP contribution in [0.2, 0.25) is 0 Å². The van der Waals surface area contributed by atoms with E-state index >= 15 is 0 Å². The van der Waals surface area contributed by atoms with Crippen LogP contribution in [0.15, 0.2) is 41.3 Å². The fourth-order valence-electron chi connectivity index (χ4n) is 3.72. The number of sulfonamides is 1. The lowest BCUT2D eigenvalue weighted by molar-refractivity contribution is -0.384. The number of ether oxygens (including phenoxy) is 3. The molecule has 0 N–H and O–H groups in total. The highest BCUT2D eigenvalue weighted by atomic mass is 32.2. The standard InChI is InChI=1S/C21H21N3O9S/c1-31-21(26)15-10-14(11-16(12-15)24(27)28)20(25)22-4-6-23(7-5-22)34(29,30)17-2-3-18-19(13-17)33-9-8-32-18/h2-3,10-13H,4-9H2,1H3. The number of nitro benzene ring substituents is 1. The fourth-order valence-corrected chi connectivity index (χ4v) is 5.16. The number of carbonyl (C=O) groups is 2. The minimum Gasteiger partial charge on any atom is -0.486 e. The first-order chi connectivity index (χ1) is 16.2. The second kappa shape index (κ2) is 9.27. The van der Waals surface area contributed by atoms with Gasteiger partial charge in [0, 0.05) is 49.9 Å². The normalized spacial score (nSPS) is 16.1. The van der Waals surface area contributed by atoms with Crippen molar-refractivity contribution in [2.24, 2.45) is 0 Å². The molecule has 0 aliphatic carbocycles. The van der Waals surface area contributed by atoms with Crippen molar-refractivity contribution in [1.29, 1.82) is 0 Å².